The molecule has 0 rings (SSSR count). The highest BCUT2D eigenvalue weighted by Gasteiger charge is 2.07. The van der Waals surface area contributed by atoms with E-state index >= 15 is 0 Å². The fourth-order valence-corrected chi connectivity index (χ4v) is 0.389. The molecule has 0 aromatic carbocycles. The Kier molecular flexibility index (Phi) is 3.72. The summed E-state index contributed by atoms with van der Waals surface area (Å²) < 4.78 is -0.354. The molecule has 0 bridgehead atoms. The molecule has 0 aliphatic heterocycles. The Morgan fingerprint density at radius 2 is 1.89 bits per heavy atom. The lowest BCUT2D eigenvalue weighted by Crippen LogP contribution is -1.95. The van der Waals surface area contributed by atoms with Crippen LogP contribution in [0.15, 0.2) is 8.96 Å². The van der Waals surface area contributed by atoms with E-state index in [1.54, 1.807) is 0 Å². The summed E-state index contributed by atoms with van der Waals surface area (Å²) >= 11 is 5.31. The standard InChI is InChI=1S/C4HBr2O3/c5-2(1-7)3(6)4(8)9/h(H,8,9)/b3-2+. The second-order valence-corrected chi connectivity index (χ2v) is 2.62. The van der Waals surface area contributed by atoms with Crippen molar-refractivity contribution in [1.29, 1.82) is 0 Å². The lowest BCUT2D eigenvalue weighted by molar-refractivity contribution is -0.131. The Morgan fingerprint density at radius 3 is 2.00 bits per heavy atom. The topological polar surface area (TPSA) is 54.4 Å². The summed E-state index contributed by atoms with van der Waals surface area (Å²) in [5.41, 5.74) is 0. The normalized spacial score (nSPS) is 12.2. The first-order valence-corrected chi connectivity index (χ1v) is 3.35. The average molecular weight is 257 g/mol. The Balaban J connectivity index is 4.47. The summed E-state index contributed by atoms with van der Waals surface area (Å²) in [5.74, 6) is -1.20. The van der Waals surface area contributed by atoms with E-state index in [2.05, 4.69) is 31.9 Å². The highest BCUT2D eigenvalue weighted by Crippen LogP contribution is 2.15. The highest BCUT2D eigenvalue weighted by atomic mass is 79.9. The molecule has 1 N–H and O–H groups in total. The van der Waals surface area contributed by atoms with Crippen LogP contribution >= 0.6 is 31.9 Å². The minimum atomic E-state index is -1.20. The van der Waals surface area contributed by atoms with Gasteiger partial charge >= 0.3 is 5.97 Å². The molecule has 1 radical (unpaired) electrons. The lowest BCUT2D eigenvalue weighted by Gasteiger charge is -1.86. The summed E-state index contributed by atoms with van der Waals surface area (Å²) in [5, 5.41) is 8.17. The number of rotatable bonds is 2. The molecule has 0 unspecified atom stereocenters. The van der Waals surface area contributed by atoms with Gasteiger partial charge in [-0.2, -0.15) is 0 Å². The molecule has 0 fully saturated rings. The van der Waals surface area contributed by atoms with Gasteiger partial charge in [0, 0.05) is 0 Å². The second kappa shape index (κ2) is 3.79. The van der Waals surface area contributed by atoms with Gasteiger partial charge in [-0.1, -0.05) is 0 Å². The third-order valence-electron chi connectivity index (χ3n) is 0.470. The molecule has 0 spiro atoms. The average Bonchev–Trinajstić information content (AvgIpc) is 1.84. The van der Waals surface area contributed by atoms with Gasteiger partial charge in [-0.3, -0.25) is 4.79 Å². The van der Waals surface area contributed by atoms with Crippen molar-refractivity contribution in [2.45, 2.75) is 0 Å². The van der Waals surface area contributed by atoms with Gasteiger partial charge in [-0.05, 0) is 31.9 Å². The fourth-order valence-electron chi connectivity index (χ4n) is 0.139. The maximum atomic E-state index is 9.99. The van der Waals surface area contributed by atoms with Crippen molar-refractivity contribution >= 4 is 44.1 Å². The number of hydrogen-bond acceptors (Lipinski definition) is 2. The van der Waals surface area contributed by atoms with Crippen LogP contribution in [0.2, 0.25) is 0 Å². The molecule has 0 saturated heterocycles. The van der Waals surface area contributed by atoms with Gasteiger partial charge in [0.05, 0.1) is 4.48 Å². The van der Waals surface area contributed by atoms with Crippen LogP contribution in [0, 0.1) is 0 Å². The monoisotopic (exact) mass is 255 g/mol. The van der Waals surface area contributed by atoms with E-state index < -0.39 is 5.97 Å². The number of halogens is 2. The maximum absolute atomic E-state index is 9.99. The Labute approximate surface area is 68.0 Å². The van der Waals surface area contributed by atoms with Crippen molar-refractivity contribution in [3.8, 4) is 0 Å². The number of carboxylic acid groups (broad SMARTS) is 1. The van der Waals surface area contributed by atoms with Crippen molar-refractivity contribution < 1.29 is 14.7 Å². The van der Waals surface area contributed by atoms with Crippen LogP contribution in [0.1, 0.15) is 0 Å². The molecule has 0 atom stereocenters. The van der Waals surface area contributed by atoms with Crippen LogP contribution in [0.3, 0.4) is 0 Å². The molecule has 0 aliphatic rings. The maximum Gasteiger partial charge on any atom is 0.344 e. The predicted molar refractivity (Wildman–Crippen MR) is 38.2 cm³/mol. The van der Waals surface area contributed by atoms with Crippen molar-refractivity contribution in [3.05, 3.63) is 8.96 Å². The molecule has 0 saturated carbocycles. The number of carbonyl (C=O) groups excluding carboxylic acids is 1. The van der Waals surface area contributed by atoms with Crippen LogP contribution < -0.4 is 0 Å². The fraction of sp³-hybridized carbons (Fsp3) is 0. The van der Waals surface area contributed by atoms with Gasteiger partial charge in [0.2, 0.25) is 6.29 Å². The molecular weight excluding hydrogens is 256 g/mol. The number of allylic oxidation sites excluding steroid dienone is 1. The largest absolute Gasteiger partial charge is 0.477 e. The van der Waals surface area contributed by atoms with Gasteiger partial charge in [0.1, 0.15) is 4.48 Å². The van der Waals surface area contributed by atoms with E-state index in [0.29, 0.717) is 0 Å². The highest BCUT2D eigenvalue weighted by molar-refractivity contribution is 9.14. The van der Waals surface area contributed by atoms with E-state index in [4.69, 9.17) is 5.11 Å². The third kappa shape index (κ3) is 2.76. The van der Waals surface area contributed by atoms with Crippen molar-refractivity contribution in [2.24, 2.45) is 0 Å². The summed E-state index contributed by atoms with van der Waals surface area (Å²) in [4.78, 5) is 19.7. The van der Waals surface area contributed by atoms with E-state index in [1.807, 2.05) is 0 Å². The SMILES string of the molecule is O=[C]/C(Br)=C(\Br)C(=O)O. The van der Waals surface area contributed by atoms with Gasteiger partial charge in [-0.25, -0.2) is 4.79 Å². The van der Waals surface area contributed by atoms with E-state index in [-0.39, 0.29) is 8.96 Å². The van der Waals surface area contributed by atoms with Gasteiger partial charge in [0.25, 0.3) is 0 Å². The zero-order valence-corrected chi connectivity index (χ0v) is 7.19. The van der Waals surface area contributed by atoms with Gasteiger partial charge < -0.3 is 5.11 Å². The zero-order valence-electron chi connectivity index (χ0n) is 4.02. The van der Waals surface area contributed by atoms with Crippen LogP contribution in [-0.4, -0.2) is 17.4 Å². The zero-order chi connectivity index (χ0) is 7.44. The smallest absolute Gasteiger partial charge is 0.344 e. The molecule has 0 aromatic heterocycles. The van der Waals surface area contributed by atoms with Crippen LogP contribution in [0.25, 0.3) is 0 Å². The molecule has 0 heterocycles. The quantitative estimate of drug-likeness (QED) is 0.755. The first-order valence-electron chi connectivity index (χ1n) is 1.76. The number of hydrogen-bond donors (Lipinski definition) is 1. The number of carboxylic acids is 1. The minimum absolute atomic E-state index is 0.130. The molecule has 0 aromatic rings. The Morgan fingerprint density at radius 1 is 1.44 bits per heavy atom. The van der Waals surface area contributed by atoms with Crippen LogP contribution in [0.4, 0.5) is 0 Å². The summed E-state index contributed by atoms with van der Waals surface area (Å²) in [6.07, 6.45) is 1.36. The molecule has 0 aliphatic carbocycles. The predicted octanol–water partition coefficient (Wildman–Crippen LogP) is 1.18. The Hall–Kier alpha value is -0.160. The van der Waals surface area contributed by atoms with Crippen LogP contribution in [-0.2, 0) is 9.59 Å². The third-order valence-corrected chi connectivity index (χ3v) is 2.30. The summed E-state index contributed by atoms with van der Waals surface area (Å²) in [7, 11) is 0. The first kappa shape index (κ1) is 8.84. The van der Waals surface area contributed by atoms with Gasteiger partial charge in [-0.15, -0.1) is 0 Å². The summed E-state index contributed by atoms with van der Waals surface area (Å²) in [6.45, 7) is 0. The molecule has 0 amide bonds. The van der Waals surface area contributed by atoms with E-state index in [0.717, 1.165) is 0 Å². The minimum Gasteiger partial charge on any atom is -0.477 e. The second-order valence-electron chi connectivity index (χ2n) is 1.04. The van der Waals surface area contributed by atoms with E-state index in [1.165, 1.54) is 6.29 Å². The Bertz CT molecular complexity index is 173. The van der Waals surface area contributed by atoms with Crippen molar-refractivity contribution in [1.82, 2.24) is 0 Å². The summed E-state index contributed by atoms with van der Waals surface area (Å²) in [6, 6.07) is 0. The molecule has 5 heteroatoms. The number of aliphatic carboxylic acids is 1. The molecule has 3 nitrogen and oxygen atoms in total. The van der Waals surface area contributed by atoms with Gasteiger partial charge in [0.15, 0.2) is 0 Å². The number of carbonyl (C=O) groups is 1. The van der Waals surface area contributed by atoms with Crippen molar-refractivity contribution in [2.75, 3.05) is 0 Å². The van der Waals surface area contributed by atoms with Crippen LogP contribution in [0.5, 0.6) is 0 Å². The molecule has 49 valence electrons. The van der Waals surface area contributed by atoms with Crippen molar-refractivity contribution in [3.63, 3.8) is 0 Å². The lowest BCUT2D eigenvalue weighted by atomic mass is 10.5. The first-order chi connectivity index (χ1) is 4.09. The molecular formula is C4HBr2O3. The van der Waals surface area contributed by atoms with E-state index in [9.17, 15) is 9.59 Å². The molecule has 9 heavy (non-hydrogen) atoms.